The molecule has 18 heavy (non-hydrogen) atoms. The van der Waals surface area contributed by atoms with Crippen molar-refractivity contribution >= 4 is 30.0 Å². The highest BCUT2D eigenvalue weighted by molar-refractivity contribution is 6.30. The smallest absolute Gasteiger partial charge is 0.334 e. The Kier molecular flexibility index (Phi) is 5.88. The van der Waals surface area contributed by atoms with Crippen molar-refractivity contribution in [2.75, 3.05) is 13.2 Å². The van der Waals surface area contributed by atoms with E-state index < -0.39 is 12.1 Å². The zero-order chi connectivity index (χ0) is 12.3. The van der Waals surface area contributed by atoms with Gasteiger partial charge in [0, 0.05) is 17.6 Å². The molecule has 2 rings (SSSR count). The number of benzene rings is 1. The van der Waals surface area contributed by atoms with Gasteiger partial charge in [-0.3, -0.25) is 0 Å². The topological polar surface area (TPSA) is 58.6 Å². The minimum absolute atomic E-state index is 0. The van der Waals surface area contributed by atoms with Crippen LogP contribution in [0.5, 0.6) is 0 Å². The van der Waals surface area contributed by atoms with Gasteiger partial charge in [0.25, 0.3) is 0 Å². The summed E-state index contributed by atoms with van der Waals surface area (Å²) in [6.45, 7) is 0.771. The van der Waals surface area contributed by atoms with Crippen LogP contribution in [0.15, 0.2) is 24.3 Å². The maximum Gasteiger partial charge on any atom is 0.334 e. The molecule has 2 N–H and O–H groups in total. The Morgan fingerprint density at radius 2 is 2.11 bits per heavy atom. The molecule has 1 aliphatic rings. The number of carboxylic acids is 1. The summed E-state index contributed by atoms with van der Waals surface area (Å²) in [7, 11) is 0. The Labute approximate surface area is 117 Å². The molecule has 1 heterocycles. The van der Waals surface area contributed by atoms with E-state index >= 15 is 0 Å². The van der Waals surface area contributed by atoms with E-state index in [4.69, 9.17) is 21.4 Å². The lowest BCUT2D eigenvalue weighted by molar-refractivity contribution is -0.153. The van der Waals surface area contributed by atoms with Gasteiger partial charge in [0.2, 0.25) is 0 Å². The molecule has 0 unspecified atom stereocenters. The Bertz CT molecular complexity index is 389. The van der Waals surface area contributed by atoms with Crippen molar-refractivity contribution in [3.8, 4) is 0 Å². The molecular weight excluding hydrogens is 277 g/mol. The summed E-state index contributed by atoms with van der Waals surface area (Å²) in [6.07, 6.45) is 0.0835. The van der Waals surface area contributed by atoms with Gasteiger partial charge in [-0.15, -0.1) is 12.4 Å². The lowest BCUT2D eigenvalue weighted by Gasteiger charge is -2.28. The zero-order valence-electron chi connectivity index (χ0n) is 9.64. The molecule has 0 radical (unpaired) electrons. The third-order valence-corrected chi connectivity index (χ3v) is 3.01. The predicted molar refractivity (Wildman–Crippen MR) is 71.6 cm³/mol. The predicted octanol–water partition coefficient (Wildman–Crippen LogP) is 1.75. The molecule has 1 saturated heterocycles. The van der Waals surface area contributed by atoms with E-state index in [2.05, 4.69) is 5.32 Å². The van der Waals surface area contributed by atoms with E-state index in [1.165, 1.54) is 0 Å². The molecule has 0 amide bonds. The van der Waals surface area contributed by atoms with E-state index in [0.717, 1.165) is 12.0 Å². The van der Waals surface area contributed by atoms with E-state index in [0.29, 0.717) is 18.2 Å². The van der Waals surface area contributed by atoms with Gasteiger partial charge in [-0.2, -0.15) is 0 Å². The number of nitrogens with one attached hydrogen (secondary N) is 1. The highest BCUT2D eigenvalue weighted by atomic mass is 35.5. The fourth-order valence-electron chi connectivity index (χ4n) is 1.82. The lowest BCUT2D eigenvalue weighted by atomic mass is 10.1. The minimum atomic E-state index is -0.914. The Morgan fingerprint density at radius 3 is 2.61 bits per heavy atom. The second kappa shape index (κ2) is 6.95. The molecular formula is C12H15Cl2NO3. The number of halogens is 2. The van der Waals surface area contributed by atoms with Gasteiger partial charge in [-0.25, -0.2) is 4.79 Å². The summed E-state index contributed by atoms with van der Waals surface area (Å²) in [5.41, 5.74) is 1.16. The summed E-state index contributed by atoms with van der Waals surface area (Å²) in [5.74, 6) is -0.914. The number of aliphatic carboxylic acids is 1. The summed E-state index contributed by atoms with van der Waals surface area (Å²) in [5, 5.41) is 12.7. The van der Waals surface area contributed by atoms with E-state index in [1.807, 2.05) is 24.3 Å². The largest absolute Gasteiger partial charge is 0.479 e. The minimum Gasteiger partial charge on any atom is -0.479 e. The molecule has 2 atom stereocenters. The fraction of sp³-hybridized carbons (Fsp3) is 0.417. The molecule has 0 bridgehead atoms. The quantitative estimate of drug-likeness (QED) is 0.891. The molecule has 1 aliphatic heterocycles. The first-order valence-corrected chi connectivity index (χ1v) is 5.85. The Balaban J connectivity index is 0.00000162. The zero-order valence-corrected chi connectivity index (χ0v) is 11.2. The number of morpholine rings is 1. The van der Waals surface area contributed by atoms with E-state index in [1.54, 1.807) is 0 Å². The first-order valence-electron chi connectivity index (χ1n) is 5.47. The third-order valence-electron chi connectivity index (χ3n) is 2.76. The Hall–Kier alpha value is -0.810. The normalized spacial score (nSPS) is 23.2. The number of carbonyl (C=O) groups is 1. The van der Waals surface area contributed by atoms with Crippen LogP contribution in [0.4, 0.5) is 0 Å². The van der Waals surface area contributed by atoms with Gasteiger partial charge in [-0.1, -0.05) is 23.7 Å². The van der Waals surface area contributed by atoms with Crippen molar-refractivity contribution in [1.29, 1.82) is 0 Å². The maximum absolute atomic E-state index is 10.7. The van der Waals surface area contributed by atoms with Crippen LogP contribution in [0.2, 0.25) is 5.02 Å². The number of rotatable bonds is 3. The van der Waals surface area contributed by atoms with Crippen molar-refractivity contribution < 1.29 is 14.6 Å². The van der Waals surface area contributed by atoms with Crippen molar-refractivity contribution in [1.82, 2.24) is 5.32 Å². The molecule has 1 fully saturated rings. The van der Waals surface area contributed by atoms with Crippen molar-refractivity contribution in [3.05, 3.63) is 34.9 Å². The first-order chi connectivity index (χ1) is 8.15. The van der Waals surface area contributed by atoms with Gasteiger partial charge < -0.3 is 15.2 Å². The summed E-state index contributed by atoms with van der Waals surface area (Å²) >= 11 is 5.80. The van der Waals surface area contributed by atoms with Gasteiger partial charge in [0.1, 0.15) is 0 Å². The molecule has 0 spiro atoms. The molecule has 100 valence electrons. The number of carboxylic acid groups (broad SMARTS) is 1. The van der Waals surface area contributed by atoms with Crippen LogP contribution in [-0.2, 0) is 16.0 Å². The molecule has 0 aromatic heterocycles. The second-order valence-corrected chi connectivity index (χ2v) is 4.53. The summed E-state index contributed by atoms with van der Waals surface area (Å²) < 4.78 is 5.26. The van der Waals surface area contributed by atoms with Crippen LogP contribution in [-0.4, -0.2) is 36.4 Å². The average molecular weight is 292 g/mol. The van der Waals surface area contributed by atoms with Crippen molar-refractivity contribution in [2.45, 2.75) is 18.6 Å². The fourth-order valence-corrected chi connectivity index (χ4v) is 1.94. The monoisotopic (exact) mass is 291 g/mol. The Morgan fingerprint density at radius 1 is 1.44 bits per heavy atom. The molecule has 0 aliphatic carbocycles. The molecule has 4 nitrogen and oxygen atoms in total. The van der Waals surface area contributed by atoms with Crippen LogP contribution in [0, 0.1) is 0 Å². The van der Waals surface area contributed by atoms with Gasteiger partial charge >= 0.3 is 5.97 Å². The highest BCUT2D eigenvalue weighted by Gasteiger charge is 2.25. The van der Waals surface area contributed by atoms with E-state index in [-0.39, 0.29) is 18.4 Å². The molecule has 1 aromatic rings. The lowest BCUT2D eigenvalue weighted by Crippen LogP contribution is -2.50. The van der Waals surface area contributed by atoms with Gasteiger partial charge in [0.15, 0.2) is 6.10 Å². The molecule has 6 heteroatoms. The van der Waals surface area contributed by atoms with Crippen LogP contribution < -0.4 is 5.32 Å². The van der Waals surface area contributed by atoms with Crippen molar-refractivity contribution in [2.24, 2.45) is 0 Å². The van der Waals surface area contributed by atoms with Gasteiger partial charge in [0.05, 0.1) is 6.61 Å². The number of hydrogen-bond donors (Lipinski definition) is 2. The first kappa shape index (κ1) is 15.2. The van der Waals surface area contributed by atoms with Crippen molar-refractivity contribution in [3.63, 3.8) is 0 Å². The average Bonchev–Trinajstić information content (AvgIpc) is 2.33. The molecule has 1 aromatic carbocycles. The van der Waals surface area contributed by atoms with Crippen LogP contribution in [0.3, 0.4) is 0 Å². The number of hydrogen-bond acceptors (Lipinski definition) is 3. The summed E-state index contributed by atoms with van der Waals surface area (Å²) in [6, 6.07) is 7.79. The highest BCUT2D eigenvalue weighted by Crippen LogP contribution is 2.12. The summed E-state index contributed by atoms with van der Waals surface area (Å²) in [4.78, 5) is 10.7. The third kappa shape index (κ3) is 4.14. The number of ether oxygens (including phenoxy) is 1. The van der Waals surface area contributed by atoms with Crippen LogP contribution in [0.1, 0.15) is 5.56 Å². The van der Waals surface area contributed by atoms with Crippen LogP contribution >= 0.6 is 24.0 Å². The maximum atomic E-state index is 10.7. The second-order valence-electron chi connectivity index (χ2n) is 4.10. The molecule has 0 saturated carbocycles. The standard InChI is InChI=1S/C12H14ClNO3.ClH/c13-9-3-1-8(2-4-9)5-10-7-17-11(6-14-10)12(15)16;/h1-4,10-11,14H,5-7H2,(H,15,16);1H/t10-,11+;/m0./s1. The SMILES string of the molecule is Cl.O=C(O)[C@H]1CN[C@@H](Cc2ccc(Cl)cc2)CO1. The van der Waals surface area contributed by atoms with Gasteiger partial charge in [-0.05, 0) is 24.1 Å². The van der Waals surface area contributed by atoms with Crippen LogP contribution in [0.25, 0.3) is 0 Å². The van der Waals surface area contributed by atoms with E-state index in [9.17, 15) is 4.79 Å².